The molecular formula is C16H27NO2. The molecule has 0 spiro atoms. The second-order valence-corrected chi connectivity index (χ2v) is 5.54. The van der Waals surface area contributed by atoms with Crippen LogP contribution >= 0.6 is 0 Å². The Hall–Kier alpha value is -1.22. The molecule has 0 heterocycles. The summed E-state index contributed by atoms with van der Waals surface area (Å²) >= 11 is 0. The highest BCUT2D eigenvalue weighted by atomic mass is 16.5. The van der Waals surface area contributed by atoms with Crippen molar-refractivity contribution in [3.63, 3.8) is 0 Å². The number of methoxy groups -OCH3 is 1. The first-order chi connectivity index (χ1) is 9.02. The second kappa shape index (κ2) is 8.05. The molecule has 1 aromatic carbocycles. The van der Waals surface area contributed by atoms with E-state index in [2.05, 4.69) is 39.1 Å². The average Bonchev–Trinajstić information content (AvgIpc) is 2.36. The van der Waals surface area contributed by atoms with Gasteiger partial charge >= 0.3 is 0 Å². The number of ether oxygens (including phenoxy) is 2. The van der Waals surface area contributed by atoms with E-state index in [0.717, 1.165) is 31.1 Å². The summed E-state index contributed by atoms with van der Waals surface area (Å²) in [6, 6.07) is 6.48. The standard InChI is InChI=1S/C16H27NO2/c1-12(2)8-9-19-16-10-15(18-5)7-6-14(16)11-17-13(3)4/h6-7,10,12-13,17H,8-9,11H2,1-5H3. The maximum absolute atomic E-state index is 5.90. The van der Waals surface area contributed by atoms with E-state index in [1.165, 1.54) is 5.56 Å². The molecule has 3 heteroatoms. The monoisotopic (exact) mass is 265 g/mol. The van der Waals surface area contributed by atoms with Gasteiger partial charge in [0, 0.05) is 24.2 Å². The molecule has 1 N–H and O–H groups in total. The zero-order valence-electron chi connectivity index (χ0n) is 12.8. The maximum atomic E-state index is 5.90. The second-order valence-electron chi connectivity index (χ2n) is 5.54. The Morgan fingerprint density at radius 2 is 1.89 bits per heavy atom. The van der Waals surface area contributed by atoms with Crippen molar-refractivity contribution in [2.24, 2.45) is 5.92 Å². The lowest BCUT2D eigenvalue weighted by Gasteiger charge is -2.15. The third-order valence-electron chi connectivity index (χ3n) is 2.93. The van der Waals surface area contributed by atoms with E-state index < -0.39 is 0 Å². The molecule has 0 atom stereocenters. The van der Waals surface area contributed by atoms with Gasteiger partial charge in [-0.2, -0.15) is 0 Å². The zero-order valence-corrected chi connectivity index (χ0v) is 12.8. The topological polar surface area (TPSA) is 30.5 Å². The first-order valence-electron chi connectivity index (χ1n) is 7.06. The molecule has 0 bridgehead atoms. The van der Waals surface area contributed by atoms with E-state index in [9.17, 15) is 0 Å². The highest BCUT2D eigenvalue weighted by Crippen LogP contribution is 2.25. The van der Waals surface area contributed by atoms with Gasteiger partial charge in [0.2, 0.25) is 0 Å². The van der Waals surface area contributed by atoms with Crippen LogP contribution in [0.25, 0.3) is 0 Å². The van der Waals surface area contributed by atoms with Crippen molar-refractivity contribution >= 4 is 0 Å². The Bertz CT molecular complexity index is 375. The van der Waals surface area contributed by atoms with Crippen LogP contribution in [-0.2, 0) is 6.54 Å². The summed E-state index contributed by atoms with van der Waals surface area (Å²) in [5.74, 6) is 2.42. The SMILES string of the molecule is COc1ccc(CNC(C)C)c(OCCC(C)C)c1. The fraction of sp³-hybridized carbons (Fsp3) is 0.625. The van der Waals surface area contributed by atoms with E-state index in [0.29, 0.717) is 12.0 Å². The first kappa shape index (κ1) is 15.8. The van der Waals surface area contributed by atoms with Crippen molar-refractivity contribution in [1.82, 2.24) is 5.32 Å². The summed E-state index contributed by atoms with van der Waals surface area (Å²) in [6.45, 7) is 10.3. The average molecular weight is 265 g/mol. The Morgan fingerprint density at radius 3 is 2.47 bits per heavy atom. The van der Waals surface area contributed by atoms with Crippen molar-refractivity contribution in [2.75, 3.05) is 13.7 Å². The Morgan fingerprint density at radius 1 is 1.16 bits per heavy atom. The third kappa shape index (κ3) is 5.97. The van der Waals surface area contributed by atoms with Gasteiger partial charge in [-0.05, 0) is 18.4 Å². The molecule has 1 rings (SSSR count). The van der Waals surface area contributed by atoms with Crippen LogP contribution in [0, 0.1) is 5.92 Å². The molecule has 0 radical (unpaired) electrons. The summed E-state index contributed by atoms with van der Waals surface area (Å²) in [6.07, 6.45) is 1.06. The predicted octanol–water partition coefficient (Wildman–Crippen LogP) is 3.62. The number of nitrogens with one attached hydrogen (secondary N) is 1. The molecule has 0 saturated carbocycles. The molecule has 0 saturated heterocycles. The van der Waals surface area contributed by atoms with Gasteiger partial charge in [-0.25, -0.2) is 0 Å². The molecule has 0 aliphatic heterocycles. The number of rotatable bonds is 8. The van der Waals surface area contributed by atoms with Crippen molar-refractivity contribution in [3.8, 4) is 11.5 Å². The van der Waals surface area contributed by atoms with Gasteiger partial charge in [0.15, 0.2) is 0 Å². The van der Waals surface area contributed by atoms with E-state index in [-0.39, 0.29) is 0 Å². The summed E-state index contributed by atoms with van der Waals surface area (Å²) < 4.78 is 11.2. The number of hydrogen-bond donors (Lipinski definition) is 1. The lowest BCUT2D eigenvalue weighted by molar-refractivity contribution is 0.284. The van der Waals surface area contributed by atoms with E-state index in [4.69, 9.17) is 9.47 Å². The van der Waals surface area contributed by atoms with Crippen LogP contribution in [0.3, 0.4) is 0 Å². The summed E-state index contributed by atoms with van der Waals surface area (Å²) in [4.78, 5) is 0. The summed E-state index contributed by atoms with van der Waals surface area (Å²) in [5, 5.41) is 3.42. The van der Waals surface area contributed by atoms with Crippen molar-refractivity contribution in [2.45, 2.75) is 46.7 Å². The molecule has 0 amide bonds. The smallest absolute Gasteiger partial charge is 0.127 e. The summed E-state index contributed by atoms with van der Waals surface area (Å²) in [5.41, 5.74) is 1.18. The van der Waals surface area contributed by atoms with Gasteiger partial charge in [-0.15, -0.1) is 0 Å². The molecule has 0 fully saturated rings. The van der Waals surface area contributed by atoms with Crippen molar-refractivity contribution < 1.29 is 9.47 Å². The van der Waals surface area contributed by atoms with Crippen LogP contribution in [0.4, 0.5) is 0 Å². The van der Waals surface area contributed by atoms with Crippen LogP contribution in [-0.4, -0.2) is 19.8 Å². The fourth-order valence-electron chi connectivity index (χ4n) is 1.66. The molecule has 0 unspecified atom stereocenters. The van der Waals surface area contributed by atoms with Crippen LogP contribution in [0.2, 0.25) is 0 Å². The summed E-state index contributed by atoms with van der Waals surface area (Å²) in [7, 11) is 1.68. The predicted molar refractivity (Wildman–Crippen MR) is 79.9 cm³/mol. The highest BCUT2D eigenvalue weighted by molar-refractivity contribution is 5.40. The van der Waals surface area contributed by atoms with Crippen LogP contribution < -0.4 is 14.8 Å². The highest BCUT2D eigenvalue weighted by Gasteiger charge is 2.07. The minimum absolute atomic E-state index is 0.464. The fourth-order valence-corrected chi connectivity index (χ4v) is 1.66. The Labute approximate surface area is 117 Å². The number of hydrogen-bond acceptors (Lipinski definition) is 3. The molecule has 0 aliphatic rings. The van der Waals surface area contributed by atoms with Gasteiger partial charge in [0.1, 0.15) is 11.5 Å². The lowest BCUT2D eigenvalue weighted by atomic mass is 10.1. The molecule has 0 aromatic heterocycles. The molecule has 19 heavy (non-hydrogen) atoms. The van der Waals surface area contributed by atoms with Crippen molar-refractivity contribution in [3.05, 3.63) is 23.8 Å². The first-order valence-corrected chi connectivity index (χ1v) is 7.06. The Kier molecular flexibility index (Phi) is 6.71. The van der Waals surface area contributed by atoms with Gasteiger partial charge in [-0.3, -0.25) is 0 Å². The minimum Gasteiger partial charge on any atom is -0.497 e. The van der Waals surface area contributed by atoms with Crippen LogP contribution in [0.15, 0.2) is 18.2 Å². The lowest BCUT2D eigenvalue weighted by Crippen LogP contribution is -2.22. The van der Waals surface area contributed by atoms with Crippen LogP contribution in [0.1, 0.15) is 39.7 Å². The minimum atomic E-state index is 0.464. The normalized spacial score (nSPS) is 11.1. The Balaban J connectivity index is 2.71. The van der Waals surface area contributed by atoms with E-state index in [1.807, 2.05) is 12.1 Å². The van der Waals surface area contributed by atoms with E-state index in [1.54, 1.807) is 7.11 Å². The van der Waals surface area contributed by atoms with E-state index >= 15 is 0 Å². The quantitative estimate of drug-likeness (QED) is 0.778. The van der Waals surface area contributed by atoms with Gasteiger partial charge < -0.3 is 14.8 Å². The van der Waals surface area contributed by atoms with Gasteiger partial charge in [0.25, 0.3) is 0 Å². The van der Waals surface area contributed by atoms with Crippen LogP contribution in [0.5, 0.6) is 11.5 Å². The number of benzene rings is 1. The molecule has 108 valence electrons. The zero-order chi connectivity index (χ0) is 14.3. The van der Waals surface area contributed by atoms with Gasteiger partial charge in [0.05, 0.1) is 13.7 Å². The largest absolute Gasteiger partial charge is 0.497 e. The third-order valence-corrected chi connectivity index (χ3v) is 2.93. The molecular weight excluding hydrogens is 238 g/mol. The molecule has 0 aliphatic carbocycles. The van der Waals surface area contributed by atoms with Crippen molar-refractivity contribution in [1.29, 1.82) is 0 Å². The molecule has 1 aromatic rings. The molecule has 3 nitrogen and oxygen atoms in total. The maximum Gasteiger partial charge on any atom is 0.127 e. The van der Waals surface area contributed by atoms with Gasteiger partial charge in [-0.1, -0.05) is 33.8 Å².